The van der Waals surface area contributed by atoms with Gasteiger partial charge in [-0.25, -0.2) is 0 Å². The first-order valence-electron chi connectivity index (χ1n) is 6.14. The second-order valence-corrected chi connectivity index (χ2v) is 5.26. The maximum atomic E-state index is 12.5. The van der Waals surface area contributed by atoms with E-state index in [1.165, 1.54) is 18.2 Å². The molecule has 9 heteroatoms. The second-order valence-electron chi connectivity index (χ2n) is 4.41. The molecule has 0 amide bonds. The average Bonchev–Trinajstić information content (AvgIpc) is 2.43. The number of ether oxygens (including phenoxy) is 1. The van der Waals surface area contributed by atoms with E-state index in [4.69, 9.17) is 28.3 Å². The van der Waals surface area contributed by atoms with Crippen LogP contribution in [0, 0.1) is 0 Å². The van der Waals surface area contributed by atoms with E-state index in [-0.39, 0.29) is 26.9 Å². The van der Waals surface area contributed by atoms with Gasteiger partial charge in [-0.2, -0.15) is 8.78 Å². The number of carbonyl (C=O) groups is 1. The Bertz CT molecular complexity index is 808. The Morgan fingerprint density at radius 1 is 1.26 bits per heavy atom. The van der Waals surface area contributed by atoms with Crippen molar-refractivity contribution in [1.29, 1.82) is 0 Å². The SMILES string of the molecule is O=C(O)Cn1cc(Cl)c(-c2cc(Cl)ccc2OC(F)F)cc1=O. The van der Waals surface area contributed by atoms with Gasteiger partial charge in [-0.1, -0.05) is 23.2 Å². The Labute approximate surface area is 138 Å². The molecule has 0 radical (unpaired) electrons. The Kier molecular flexibility index (Phi) is 5.23. The third-order valence-corrected chi connectivity index (χ3v) is 3.37. The molecule has 0 bridgehead atoms. The van der Waals surface area contributed by atoms with Gasteiger partial charge in [0.2, 0.25) is 0 Å². The summed E-state index contributed by atoms with van der Waals surface area (Å²) in [7, 11) is 0. The van der Waals surface area contributed by atoms with Gasteiger partial charge in [-0.05, 0) is 18.2 Å². The number of hydrogen-bond acceptors (Lipinski definition) is 3. The van der Waals surface area contributed by atoms with Crippen LogP contribution in [0.25, 0.3) is 11.1 Å². The van der Waals surface area contributed by atoms with Crippen molar-refractivity contribution in [1.82, 2.24) is 4.57 Å². The van der Waals surface area contributed by atoms with E-state index in [1.54, 1.807) is 0 Å². The molecular weight excluding hydrogens is 355 g/mol. The Morgan fingerprint density at radius 2 is 1.96 bits per heavy atom. The molecule has 23 heavy (non-hydrogen) atoms. The summed E-state index contributed by atoms with van der Waals surface area (Å²) in [5.41, 5.74) is -0.450. The average molecular weight is 364 g/mol. The number of hydrogen-bond donors (Lipinski definition) is 1. The number of benzene rings is 1. The molecule has 1 N–H and O–H groups in total. The minimum atomic E-state index is -3.07. The topological polar surface area (TPSA) is 68.5 Å². The Balaban J connectivity index is 2.58. The Morgan fingerprint density at radius 3 is 2.57 bits per heavy atom. The molecule has 0 aliphatic rings. The fourth-order valence-corrected chi connectivity index (χ4v) is 2.38. The van der Waals surface area contributed by atoms with Crippen molar-refractivity contribution in [2.24, 2.45) is 0 Å². The minimum absolute atomic E-state index is 0.00719. The van der Waals surface area contributed by atoms with Gasteiger partial charge >= 0.3 is 12.6 Å². The van der Waals surface area contributed by atoms with Crippen LogP contribution in [0.4, 0.5) is 8.78 Å². The van der Waals surface area contributed by atoms with Gasteiger partial charge in [0, 0.05) is 28.4 Å². The quantitative estimate of drug-likeness (QED) is 0.882. The molecule has 0 aliphatic carbocycles. The summed E-state index contributed by atoms with van der Waals surface area (Å²) in [6.45, 7) is -3.64. The summed E-state index contributed by atoms with van der Waals surface area (Å²) in [6, 6.07) is 4.93. The lowest BCUT2D eigenvalue weighted by Crippen LogP contribution is -2.23. The first-order chi connectivity index (χ1) is 10.8. The fraction of sp³-hybridized carbons (Fsp3) is 0.143. The van der Waals surface area contributed by atoms with Crippen LogP contribution in [-0.4, -0.2) is 22.3 Å². The summed E-state index contributed by atoms with van der Waals surface area (Å²) < 4.78 is 30.2. The van der Waals surface area contributed by atoms with Crippen LogP contribution in [0.1, 0.15) is 0 Å². The summed E-state index contributed by atoms with van der Waals surface area (Å²) in [5, 5.41) is 8.95. The normalized spacial score (nSPS) is 10.8. The van der Waals surface area contributed by atoms with Crippen LogP contribution in [0.5, 0.6) is 5.75 Å². The molecule has 1 aromatic heterocycles. The van der Waals surface area contributed by atoms with E-state index in [0.29, 0.717) is 0 Å². The summed E-state index contributed by atoms with van der Waals surface area (Å²) in [6.07, 6.45) is 1.11. The molecule has 1 heterocycles. The standard InChI is InChI=1S/C14H9Cl2F2NO4/c15-7-1-2-11(23-14(17)18)9(3-7)8-4-12(20)19(5-10(8)16)6-13(21)22/h1-5,14H,6H2,(H,21,22). The van der Waals surface area contributed by atoms with Crippen LogP contribution in [-0.2, 0) is 11.3 Å². The third kappa shape index (κ3) is 4.20. The van der Waals surface area contributed by atoms with Gasteiger partial charge in [-0.3, -0.25) is 9.59 Å². The van der Waals surface area contributed by atoms with E-state index in [2.05, 4.69) is 4.74 Å². The van der Waals surface area contributed by atoms with Crippen molar-refractivity contribution in [3.63, 3.8) is 0 Å². The highest BCUT2D eigenvalue weighted by molar-refractivity contribution is 6.34. The van der Waals surface area contributed by atoms with E-state index in [1.807, 2.05) is 0 Å². The Hall–Kier alpha value is -2.12. The number of carboxylic acid groups (broad SMARTS) is 1. The van der Waals surface area contributed by atoms with Crippen molar-refractivity contribution in [2.45, 2.75) is 13.2 Å². The summed E-state index contributed by atoms with van der Waals surface area (Å²) >= 11 is 11.9. The zero-order valence-electron chi connectivity index (χ0n) is 11.3. The number of rotatable bonds is 5. The summed E-state index contributed by atoms with van der Waals surface area (Å²) in [4.78, 5) is 22.6. The molecular formula is C14H9Cl2F2NO4. The van der Waals surface area contributed by atoms with Gasteiger partial charge < -0.3 is 14.4 Å². The van der Waals surface area contributed by atoms with Crippen LogP contribution >= 0.6 is 23.2 Å². The molecule has 0 aliphatic heterocycles. The molecule has 0 fully saturated rings. The van der Waals surface area contributed by atoms with Gasteiger partial charge in [-0.15, -0.1) is 0 Å². The minimum Gasteiger partial charge on any atom is -0.480 e. The highest BCUT2D eigenvalue weighted by Gasteiger charge is 2.16. The highest BCUT2D eigenvalue weighted by atomic mass is 35.5. The van der Waals surface area contributed by atoms with E-state index in [9.17, 15) is 18.4 Å². The first kappa shape index (κ1) is 17.2. The summed E-state index contributed by atoms with van der Waals surface area (Å²) in [5.74, 6) is -1.43. The van der Waals surface area contributed by atoms with Gasteiger partial charge in [0.25, 0.3) is 5.56 Å². The number of aromatic nitrogens is 1. The van der Waals surface area contributed by atoms with E-state index in [0.717, 1.165) is 16.8 Å². The largest absolute Gasteiger partial charge is 0.480 e. The predicted molar refractivity (Wildman–Crippen MR) is 80.4 cm³/mol. The van der Waals surface area contributed by atoms with Crippen LogP contribution in [0.15, 0.2) is 35.3 Å². The molecule has 0 spiro atoms. The number of carboxylic acids is 1. The lowest BCUT2D eigenvalue weighted by Gasteiger charge is -2.13. The van der Waals surface area contributed by atoms with Crippen molar-refractivity contribution in [3.05, 3.63) is 50.9 Å². The number of pyridine rings is 1. The van der Waals surface area contributed by atoms with Crippen LogP contribution in [0.3, 0.4) is 0 Å². The molecule has 5 nitrogen and oxygen atoms in total. The smallest absolute Gasteiger partial charge is 0.387 e. The number of alkyl halides is 2. The van der Waals surface area contributed by atoms with Gasteiger partial charge in [0.05, 0.1) is 5.02 Å². The molecule has 2 aromatic rings. The molecule has 122 valence electrons. The fourth-order valence-electron chi connectivity index (χ4n) is 1.93. The van der Waals surface area contributed by atoms with Crippen molar-refractivity contribution in [2.75, 3.05) is 0 Å². The predicted octanol–water partition coefficient (Wildman–Crippen LogP) is 3.51. The monoisotopic (exact) mass is 363 g/mol. The van der Waals surface area contributed by atoms with Crippen molar-refractivity contribution in [3.8, 4) is 16.9 Å². The zero-order valence-corrected chi connectivity index (χ0v) is 12.8. The van der Waals surface area contributed by atoms with E-state index >= 15 is 0 Å². The molecule has 0 atom stereocenters. The lowest BCUT2D eigenvalue weighted by molar-refractivity contribution is -0.137. The molecule has 0 saturated carbocycles. The first-order valence-corrected chi connectivity index (χ1v) is 6.90. The molecule has 2 rings (SSSR count). The molecule has 1 aromatic carbocycles. The second kappa shape index (κ2) is 6.97. The van der Waals surface area contributed by atoms with Crippen molar-refractivity contribution < 1.29 is 23.4 Å². The molecule has 0 saturated heterocycles. The van der Waals surface area contributed by atoms with Crippen LogP contribution < -0.4 is 10.3 Å². The lowest BCUT2D eigenvalue weighted by atomic mass is 10.1. The number of nitrogens with zero attached hydrogens (tertiary/aromatic N) is 1. The van der Waals surface area contributed by atoms with E-state index < -0.39 is 24.7 Å². The highest BCUT2D eigenvalue weighted by Crippen LogP contribution is 2.36. The molecule has 0 unspecified atom stereocenters. The van der Waals surface area contributed by atoms with Crippen LogP contribution in [0.2, 0.25) is 10.0 Å². The number of halogens is 4. The third-order valence-electron chi connectivity index (χ3n) is 2.83. The van der Waals surface area contributed by atoms with Gasteiger partial charge in [0.15, 0.2) is 0 Å². The van der Waals surface area contributed by atoms with Gasteiger partial charge in [0.1, 0.15) is 12.3 Å². The van der Waals surface area contributed by atoms with Crippen molar-refractivity contribution >= 4 is 29.2 Å². The zero-order chi connectivity index (χ0) is 17.1. The number of aliphatic carboxylic acids is 1. The maximum absolute atomic E-state index is 12.5. The maximum Gasteiger partial charge on any atom is 0.387 e.